The molecule has 0 fully saturated rings. The van der Waals surface area contributed by atoms with E-state index in [2.05, 4.69) is 19.1 Å². The van der Waals surface area contributed by atoms with Gasteiger partial charge in [-0.2, -0.15) is 0 Å². The average molecular weight is 503 g/mol. The van der Waals surface area contributed by atoms with Crippen LogP contribution < -0.4 is 0 Å². The summed E-state index contributed by atoms with van der Waals surface area (Å²) < 4.78 is 0. The number of carbonyl (C=O) groups is 3. The quantitative estimate of drug-likeness (QED) is 0.122. The molecule has 0 unspecified atom stereocenters. The summed E-state index contributed by atoms with van der Waals surface area (Å²) in [6, 6.07) is 0. The predicted molar refractivity (Wildman–Crippen MR) is 102 cm³/mol. The molecule has 0 aromatic carbocycles. The van der Waals surface area contributed by atoms with Crippen molar-refractivity contribution in [2.24, 2.45) is 0 Å². The Bertz CT molecular complexity index is 388. The molecule has 0 spiro atoms. The molecule has 0 bridgehead atoms. The van der Waals surface area contributed by atoms with E-state index in [0.717, 1.165) is 12.8 Å². The number of rotatable bonds is 15. The molecule has 3 N–H and O–H groups in total. The summed E-state index contributed by atoms with van der Waals surface area (Å²) in [5.74, 6) is -4.31. The summed E-state index contributed by atoms with van der Waals surface area (Å²) in [6.45, 7) is 2.26. The zero-order valence-electron chi connectivity index (χ0n) is 17.5. The SMILES string of the molecule is CCCCCCCCC=CCCCCCCCC(=O)O.O=C(O)C(=O)O.[Zn].[Zn]. The molecule has 156 valence electrons. The van der Waals surface area contributed by atoms with Crippen molar-refractivity contribution in [2.75, 3.05) is 0 Å². The van der Waals surface area contributed by atoms with Gasteiger partial charge in [0, 0.05) is 45.4 Å². The summed E-state index contributed by atoms with van der Waals surface area (Å²) in [4.78, 5) is 28.5. The Balaban J connectivity index is -0.000000312. The Kier molecular flexibility index (Phi) is 35.6. The van der Waals surface area contributed by atoms with E-state index in [1.165, 1.54) is 70.6 Å². The minimum Gasteiger partial charge on any atom is -0.481 e. The number of unbranched alkanes of at least 4 members (excludes halogenated alkanes) is 11. The molecule has 0 amide bonds. The minimum atomic E-state index is -1.82. The second kappa shape index (κ2) is 28.6. The predicted octanol–water partition coefficient (Wildman–Crippen LogP) is 5.26. The molecule has 0 saturated carbocycles. The second-order valence-corrected chi connectivity index (χ2v) is 6.34. The van der Waals surface area contributed by atoms with Crippen molar-refractivity contribution in [3.05, 3.63) is 12.2 Å². The molecular weight excluding hydrogens is 467 g/mol. The first-order valence-corrected chi connectivity index (χ1v) is 9.74. The van der Waals surface area contributed by atoms with Gasteiger partial charge in [0.2, 0.25) is 0 Å². The topological polar surface area (TPSA) is 112 Å². The summed E-state index contributed by atoms with van der Waals surface area (Å²) in [7, 11) is 0. The number of allylic oxidation sites excluding steroid dienone is 2. The van der Waals surface area contributed by atoms with Gasteiger partial charge in [-0.05, 0) is 32.1 Å². The van der Waals surface area contributed by atoms with Crippen LogP contribution >= 0.6 is 0 Å². The Morgan fingerprint density at radius 2 is 0.964 bits per heavy atom. The van der Waals surface area contributed by atoms with Gasteiger partial charge in [-0.15, -0.1) is 0 Å². The molecule has 0 aliphatic heterocycles. The van der Waals surface area contributed by atoms with E-state index in [-0.39, 0.29) is 39.0 Å². The van der Waals surface area contributed by atoms with Gasteiger partial charge >= 0.3 is 17.9 Å². The van der Waals surface area contributed by atoms with E-state index in [0.29, 0.717) is 6.42 Å². The van der Waals surface area contributed by atoms with Crippen molar-refractivity contribution in [2.45, 2.75) is 96.8 Å². The van der Waals surface area contributed by atoms with Crippen LogP contribution in [0, 0.1) is 0 Å². The maximum absolute atomic E-state index is 10.3. The van der Waals surface area contributed by atoms with E-state index >= 15 is 0 Å². The normalized spacial score (nSPS) is 9.61. The summed E-state index contributed by atoms with van der Waals surface area (Å²) in [5.41, 5.74) is 0. The zero-order valence-corrected chi connectivity index (χ0v) is 23.5. The van der Waals surface area contributed by atoms with Crippen LogP contribution in [-0.4, -0.2) is 33.2 Å². The van der Waals surface area contributed by atoms with Crippen molar-refractivity contribution < 1.29 is 68.7 Å². The molecule has 0 aromatic heterocycles. The van der Waals surface area contributed by atoms with Gasteiger partial charge in [0.05, 0.1) is 0 Å². The van der Waals surface area contributed by atoms with E-state index in [1.807, 2.05) is 0 Å². The molecule has 0 radical (unpaired) electrons. The minimum absolute atomic E-state index is 0. The smallest absolute Gasteiger partial charge is 0.414 e. The van der Waals surface area contributed by atoms with E-state index < -0.39 is 17.9 Å². The monoisotopic (exact) mass is 500 g/mol. The van der Waals surface area contributed by atoms with Gasteiger partial charge in [0.15, 0.2) is 0 Å². The van der Waals surface area contributed by atoms with Gasteiger partial charge < -0.3 is 15.3 Å². The summed E-state index contributed by atoms with van der Waals surface area (Å²) >= 11 is 0. The Morgan fingerprint density at radius 1 is 0.607 bits per heavy atom. The van der Waals surface area contributed by atoms with Gasteiger partial charge in [0.25, 0.3) is 0 Å². The third-order valence-corrected chi connectivity index (χ3v) is 3.84. The van der Waals surface area contributed by atoms with Gasteiger partial charge in [-0.1, -0.05) is 70.4 Å². The van der Waals surface area contributed by atoms with Gasteiger partial charge in [0.1, 0.15) is 0 Å². The van der Waals surface area contributed by atoms with Crippen LogP contribution in [0.1, 0.15) is 96.8 Å². The van der Waals surface area contributed by atoms with Gasteiger partial charge in [-0.3, -0.25) is 4.79 Å². The maximum atomic E-state index is 10.3. The Labute approximate surface area is 195 Å². The third-order valence-electron chi connectivity index (χ3n) is 3.84. The number of hydrogen-bond acceptors (Lipinski definition) is 3. The van der Waals surface area contributed by atoms with Crippen molar-refractivity contribution in [1.82, 2.24) is 0 Å². The molecule has 0 saturated heterocycles. The molecule has 0 rings (SSSR count). The first-order valence-electron chi connectivity index (χ1n) is 9.74. The molecule has 6 nitrogen and oxygen atoms in total. The van der Waals surface area contributed by atoms with E-state index in [9.17, 15) is 4.79 Å². The summed E-state index contributed by atoms with van der Waals surface area (Å²) in [6.07, 6.45) is 21.2. The van der Waals surface area contributed by atoms with Crippen LogP contribution in [-0.2, 0) is 53.3 Å². The van der Waals surface area contributed by atoms with Crippen LogP contribution in [0.5, 0.6) is 0 Å². The Morgan fingerprint density at radius 3 is 1.32 bits per heavy atom. The molecule has 0 heterocycles. The van der Waals surface area contributed by atoms with Crippen molar-refractivity contribution in [3.8, 4) is 0 Å². The van der Waals surface area contributed by atoms with Crippen molar-refractivity contribution in [1.29, 1.82) is 0 Å². The fraction of sp³-hybridized carbons (Fsp3) is 0.750. The largest absolute Gasteiger partial charge is 0.481 e. The standard InChI is InChI=1S/C18H34O2.C2H2O4.2Zn/c1-2-3-4-5-6-7-8-9-10-11-12-13-14-15-16-17-18(19)20;3-1(4)2(5)6;;/h9-10H,2-8,11-17H2,1H3,(H,19,20);(H,3,4)(H,5,6);;. The summed E-state index contributed by atoms with van der Waals surface area (Å²) in [5, 5.41) is 23.3. The van der Waals surface area contributed by atoms with E-state index in [1.54, 1.807) is 0 Å². The number of aliphatic carboxylic acids is 3. The fourth-order valence-corrected chi connectivity index (χ4v) is 2.35. The molecule has 0 aliphatic rings. The number of carboxylic acids is 3. The molecule has 0 aliphatic carbocycles. The van der Waals surface area contributed by atoms with Crippen molar-refractivity contribution in [3.63, 3.8) is 0 Å². The number of hydrogen-bond donors (Lipinski definition) is 3. The molecular formula is C20H36O6Zn2. The van der Waals surface area contributed by atoms with Crippen LogP contribution in [0.3, 0.4) is 0 Å². The first kappa shape index (κ1) is 34.9. The fourth-order valence-electron chi connectivity index (χ4n) is 2.35. The van der Waals surface area contributed by atoms with Gasteiger partial charge in [-0.25, -0.2) is 9.59 Å². The Hall–Kier alpha value is -0.603. The van der Waals surface area contributed by atoms with E-state index in [4.69, 9.17) is 24.9 Å². The first-order chi connectivity index (χ1) is 12.4. The maximum Gasteiger partial charge on any atom is 0.414 e. The molecule has 0 atom stereocenters. The number of carboxylic acid groups (broad SMARTS) is 3. The third kappa shape index (κ3) is 36.3. The average Bonchev–Trinajstić information content (AvgIpc) is 2.58. The van der Waals surface area contributed by atoms with Crippen LogP contribution in [0.4, 0.5) is 0 Å². The van der Waals surface area contributed by atoms with Crippen LogP contribution in [0.2, 0.25) is 0 Å². The zero-order chi connectivity index (χ0) is 20.0. The van der Waals surface area contributed by atoms with Crippen molar-refractivity contribution >= 4 is 17.9 Å². The molecule has 28 heavy (non-hydrogen) atoms. The van der Waals surface area contributed by atoms with Crippen LogP contribution in [0.15, 0.2) is 12.2 Å². The second-order valence-electron chi connectivity index (χ2n) is 6.34. The molecule has 0 aromatic rings. The van der Waals surface area contributed by atoms with Crippen LogP contribution in [0.25, 0.3) is 0 Å². The molecule has 8 heteroatoms.